The van der Waals surface area contributed by atoms with E-state index in [1.165, 1.54) is 13.0 Å². The Morgan fingerprint density at radius 3 is 2.72 bits per heavy atom. The molecule has 0 aliphatic heterocycles. The van der Waals surface area contributed by atoms with Crippen LogP contribution in [-0.2, 0) is 6.42 Å². The van der Waals surface area contributed by atoms with Gasteiger partial charge in [0.1, 0.15) is 11.4 Å². The van der Waals surface area contributed by atoms with Gasteiger partial charge in [0.15, 0.2) is 5.78 Å². The first-order chi connectivity index (χ1) is 13.7. The maximum Gasteiger partial charge on any atom is 0.269 e. The van der Waals surface area contributed by atoms with Gasteiger partial charge in [0.2, 0.25) is 0 Å². The number of nitrogens with one attached hydrogen (secondary N) is 2. The normalized spacial score (nSPS) is 17.6. The molecule has 150 valence electrons. The number of benzene rings is 1. The summed E-state index contributed by atoms with van der Waals surface area (Å²) in [7, 11) is 0. The average molecular weight is 391 g/mol. The number of fused-ring (bicyclic) bond motifs is 1. The standard InChI is InChI=1S/C22H25N5O2/c1-13-7-5-6-8-19(13)27-20-11-22(3,4)10-18(15(20)12-23-27)24-21(29)17-9-16(14(2)28)25-26-17/h5-9,12,18H,10-11H2,1-4H3,(H,24,29)(H,25,26). The van der Waals surface area contributed by atoms with E-state index in [-0.39, 0.29) is 34.5 Å². The predicted molar refractivity (Wildman–Crippen MR) is 109 cm³/mol. The van der Waals surface area contributed by atoms with E-state index in [0.29, 0.717) is 0 Å². The van der Waals surface area contributed by atoms with Crippen molar-refractivity contribution in [1.82, 2.24) is 25.3 Å². The van der Waals surface area contributed by atoms with Gasteiger partial charge in [0, 0.05) is 12.5 Å². The smallest absolute Gasteiger partial charge is 0.269 e. The van der Waals surface area contributed by atoms with Crippen LogP contribution >= 0.6 is 0 Å². The fourth-order valence-corrected chi connectivity index (χ4v) is 4.03. The van der Waals surface area contributed by atoms with Crippen molar-refractivity contribution in [2.75, 3.05) is 0 Å². The zero-order valence-electron chi connectivity index (χ0n) is 17.1. The number of aromatic amines is 1. The molecular weight excluding hydrogens is 366 g/mol. The van der Waals surface area contributed by atoms with E-state index in [4.69, 9.17) is 0 Å². The largest absolute Gasteiger partial charge is 0.344 e. The molecule has 0 spiro atoms. The molecule has 1 amide bonds. The Balaban J connectivity index is 1.67. The van der Waals surface area contributed by atoms with E-state index in [0.717, 1.165) is 35.3 Å². The Hall–Kier alpha value is -3.22. The van der Waals surface area contributed by atoms with Crippen LogP contribution in [0, 0.1) is 12.3 Å². The predicted octanol–water partition coefficient (Wildman–Crippen LogP) is 3.55. The molecule has 0 radical (unpaired) electrons. The van der Waals surface area contributed by atoms with Gasteiger partial charge in [-0.15, -0.1) is 0 Å². The molecule has 3 aromatic rings. The number of hydrogen-bond donors (Lipinski definition) is 2. The summed E-state index contributed by atoms with van der Waals surface area (Å²) in [5.41, 5.74) is 4.90. The van der Waals surface area contributed by atoms with Gasteiger partial charge < -0.3 is 5.32 Å². The van der Waals surface area contributed by atoms with Crippen molar-refractivity contribution >= 4 is 11.7 Å². The molecule has 7 heteroatoms. The summed E-state index contributed by atoms with van der Waals surface area (Å²) in [4.78, 5) is 24.2. The van der Waals surface area contributed by atoms with Gasteiger partial charge in [-0.3, -0.25) is 14.7 Å². The molecule has 0 saturated heterocycles. The Morgan fingerprint density at radius 1 is 1.28 bits per heavy atom. The van der Waals surface area contributed by atoms with Gasteiger partial charge in [0.05, 0.1) is 23.6 Å². The monoisotopic (exact) mass is 391 g/mol. The number of ketones is 1. The number of carbonyl (C=O) groups excluding carboxylic acids is 2. The molecular formula is C22H25N5O2. The Bertz CT molecular complexity index is 1090. The van der Waals surface area contributed by atoms with Crippen LogP contribution in [0.4, 0.5) is 0 Å². The molecule has 2 N–H and O–H groups in total. The lowest BCUT2D eigenvalue weighted by atomic mass is 9.74. The molecule has 2 heterocycles. The first-order valence-electron chi connectivity index (χ1n) is 9.75. The second kappa shape index (κ2) is 6.99. The molecule has 1 aliphatic rings. The number of hydrogen-bond acceptors (Lipinski definition) is 4. The van der Waals surface area contributed by atoms with E-state index in [1.54, 1.807) is 0 Å². The minimum atomic E-state index is -0.276. The minimum Gasteiger partial charge on any atom is -0.344 e. The van der Waals surface area contributed by atoms with Gasteiger partial charge in [0.25, 0.3) is 5.91 Å². The molecule has 29 heavy (non-hydrogen) atoms. The van der Waals surface area contributed by atoms with Crippen LogP contribution in [0.1, 0.15) is 71.0 Å². The topological polar surface area (TPSA) is 92.7 Å². The fourth-order valence-electron chi connectivity index (χ4n) is 4.03. The lowest BCUT2D eigenvalue weighted by molar-refractivity contribution is 0.0913. The summed E-state index contributed by atoms with van der Waals surface area (Å²) in [5.74, 6) is -0.455. The zero-order valence-corrected chi connectivity index (χ0v) is 17.1. The lowest BCUT2D eigenvalue weighted by Gasteiger charge is -2.36. The van der Waals surface area contributed by atoms with E-state index in [1.807, 2.05) is 23.0 Å². The molecule has 1 aliphatic carbocycles. The lowest BCUT2D eigenvalue weighted by Crippen LogP contribution is -2.37. The summed E-state index contributed by atoms with van der Waals surface area (Å²) >= 11 is 0. The first-order valence-corrected chi connectivity index (χ1v) is 9.75. The third-order valence-corrected chi connectivity index (χ3v) is 5.51. The van der Waals surface area contributed by atoms with Crippen molar-refractivity contribution in [3.63, 3.8) is 0 Å². The van der Waals surface area contributed by atoms with Crippen molar-refractivity contribution in [3.05, 3.63) is 64.7 Å². The summed E-state index contributed by atoms with van der Waals surface area (Å²) < 4.78 is 1.99. The number of aromatic nitrogens is 4. The number of H-pyrrole nitrogens is 1. The fraction of sp³-hybridized carbons (Fsp3) is 0.364. The number of aryl methyl sites for hydroxylation is 1. The van der Waals surface area contributed by atoms with Crippen molar-refractivity contribution in [2.45, 2.75) is 46.6 Å². The number of nitrogens with zero attached hydrogens (tertiary/aromatic N) is 3. The van der Waals surface area contributed by atoms with Crippen LogP contribution in [0.3, 0.4) is 0 Å². The van der Waals surface area contributed by atoms with Gasteiger partial charge in [-0.25, -0.2) is 4.68 Å². The van der Waals surface area contributed by atoms with Gasteiger partial charge in [-0.05, 0) is 42.9 Å². The molecule has 1 atom stereocenters. The molecule has 0 bridgehead atoms. The highest BCUT2D eigenvalue weighted by Crippen LogP contribution is 2.41. The van der Waals surface area contributed by atoms with Gasteiger partial charge in [-0.2, -0.15) is 10.2 Å². The molecule has 2 aromatic heterocycles. The van der Waals surface area contributed by atoms with E-state index in [2.05, 4.69) is 53.5 Å². The van der Waals surface area contributed by atoms with E-state index < -0.39 is 0 Å². The third-order valence-electron chi connectivity index (χ3n) is 5.51. The Labute approximate surface area is 169 Å². The quantitative estimate of drug-likeness (QED) is 0.665. The highest BCUT2D eigenvalue weighted by atomic mass is 16.2. The number of para-hydroxylation sites is 1. The van der Waals surface area contributed by atoms with Crippen molar-refractivity contribution in [2.24, 2.45) is 5.41 Å². The van der Waals surface area contributed by atoms with Crippen LogP contribution < -0.4 is 5.32 Å². The van der Waals surface area contributed by atoms with Crippen LogP contribution in [0.5, 0.6) is 0 Å². The molecule has 0 saturated carbocycles. The molecule has 4 rings (SSSR count). The number of rotatable bonds is 4. The van der Waals surface area contributed by atoms with Gasteiger partial charge in [-0.1, -0.05) is 32.0 Å². The summed E-state index contributed by atoms with van der Waals surface area (Å²) in [6.45, 7) is 7.90. The highest BCUT2D eigenvalue weighted by Gasteiger charge is 2.36. The summed E-state index contributed by atoms with van der Waals surface area (Å²) in [6.07, 6.45) is 3.54. The summed E-state index contributed by atoms with van der Waals surface area (Å²) in [6, 6.07) is 9.48. The van der Waals surface area contributed by atoms with Crippen molar-refractivity contribution < 1.29 is 9.59 Å². The SMILES string of the molecule is CC(=O)c1cc(C(=O)NC2CC(C)(C)Cc3c2cnn3-c2ccccc2C)[nH]n1. The van der Waals surface area contributed by atoms with Crippen LogP contribution in [0.2, 0.25) is 0 Å². The van der Waals surface area contributed by atoms with Gasteiger partial charge >= 0.3 is 0 Å². The summed E-state index contributed by atoms with van der Waals surface area (Å²) in [5, 5.41) is 14.3. The second-order valence-electron chi connectivity index (χ2n) is 8.54. The minimum absolute atomic E-state index is 0.00391. The molecule has 0 fully saturated rings. The van der Waals surface area contributed by atoms with E-state index >= 15 is 0 Å². The molecule has 1 aromatic carbocycles. The van der Waals surface area contributed by atoms with Crippen molar-refractivity contribution in [1.29, 1.82) is 0 Å². The Kier molecular flexibility index (Phi) is 4.61. The van der Waals surface area contributed by atoms with Crippen LogP contribution in [0.25, 0.3) is 5.69 Å². The maximum absolute atomic E-state index is 12.8. The number of carbonyl (C=O) groups is 2. The van der Waals surface area contributed by atoms with E-state index in [9.17, 15) is 9.59 Å². The number of Topliss-reactive ketones (excluding diaryl/α,β-unsaturated/α-hetero) is 1. The van der Waals surface area contributed by atoms with Crippen LogP contribution in [0.15, 0.2) is 36.5 Å². The molecule has 1 unspecified atom stereocenters. The Morgan fingerprint density at radius 2 is 2.03 bits per heavy atom. The highest BCUT2D eigenvalue weighted by molar-refractivity contribution is 5.97. The third kappa shape index (κ3) is 3.60. The van der Waals surface area contributed by atoms with Crippen LogP contribution in [-0.4, -0.2) is 31.7 Å². The zero-order chi connectivity index (χ0) is 20.8. The number of amides is 1. The average Bonchev–Trinajstić information content (AvgIpc) is 3.29. The maximum atomic E-state index is 12.8. The second-order valence-corrected chi connectivity index (χ2v) is 8.54. The molecule has 7 nitrogen and oxygen atoms in total. The first kappa shape index (κ1) is 19.1. The van der Waals surface area contributed by atoms with Crippen molar-refractivity contribution in [3.8, 4) is 5.69 Å².